The molecule has 1 aromatic carbocycles. The molecule has 0 bridgehead atoms. The van der Waals surface area contributed by atoms with Crippen molar-refractivity contribution in [1.29, 1.82) is 5.26 Å². The molecule has 0 aliphatic heterocycles. The average molecular weight is 524 g/mol. The second-order valence-corrected chi connectivity index (χ2v) is 8.26. The number of nitrogens with one attached hydrogen (secondary N) is 3. The lowest BCUT2D eigenvalue weighted by atomic mass is 10.0. The first-order chi connectivity index (χ1) is 17.4. The molecule has 0 fully saturated rings. The van der Waals surface area contributed by atoms with Gasteiger partial charge >= 0.3 is 0 Å². The van der Waals surface area contributed by atoms with Crippen LogP contribution in [0.5, 0.6) is 0 Å². The Kier molecular flexibility index (Phi) is 6.28. The minimum absolute atomic E-state index is 0.134. The van der Waals surface area contributed by atoms with Crippen molar-refractivity contribution in [2.75, 3.05) is 10.6 Å². The van der Waals surface area contributed by atoms with Crippen LogP contribution in [0.25, 0.3) is 10.9 Å². The maximum atomic E-state index is 13.8. The molecule has 0 saturated carbocycles. The fourth-order valence-corrected chi connectivity index (χ4v) is 4.13. The fraction of sp³-hybridized carbons (Fsp3) is 0.0435. The van der Waals surface area contributed by atoms with Crippen LogP contribution < -0.4 is 10.6 Å². The first kappa shape index (κ1) is 23.3. The summed E-state index contributed by atoms with van der Waals surface area (Å²) < 4.78 is 27.1. The van der Waals surface area contributed by atoms with Gasteiger partial charge in [0.25, 0.3) is 0 Å². The van der Waals surface area contributed by atoms with E-state index in [1.807, 2.05) is 6.07 Å². The number of hydrogen-bond donors (Lipinski definition) is 3. The number of nitriles is 1. The molecule has 5 rings (SSSR count). The highest BCUT2D eigenvalue weighted by Gasteiger charge is 2.22. The van der Waals surface area contributed by atoms with Gasteiger partial charge in [0, 0.05) is 35.1 Å². The minimum atomic E-state index is -1.23. The molecule has 4 aromatic heterocycles. The molecule has 4 heterocycles. The van der Waals surface area contributed by atoms with Gasteiger partial charge in [-0.05, 0) is 18.2 Å². The Labute approximate surface area is 212 Å². The third kappa shape index (κ3) is 4.47. The van der Waals surface area contributed by atoms with E-state index in [2.05, 4.69) is 41.0 Å². The summed E-state index contributed by atoms with van der Waals surface area (Å²) >= 11 is 12.9. The highest BCUT2D eigenvalue weighted by Crippen LogP contribution is 2.37. The zero-order valence-corrected chi connectivity index (χ0v) is 19.5. The van der Waals surface area contributed by atoms with Crippen LogP contribution >= 0.6 is 23.2 Å². The molecule has 3 N–H and O–H groups in total. The molecule has 0 aliphatic rings. The molecule has 0 amide bonds. The standard InChI is InChI=1S/C23H13Cl2F2N9/c24-16-5-12(33-21(18-10-32-36-35-18)14-2-1-3-29-22(14)25)4-15-19(11(7-28)8-30-20(15)16)34-13-6-17(26)23(27)31-9-13/h1-6,8-10,21,33H,(H,30,34)(H,32,35,36). The largest absolute Gasteiger partial charge is 0.373 e. The van der Waals surface area contributed by atoms with Gasteiger partial charge in [-0.15, -0.1) is 0 Å². The highest BCUT2D eigenvalue weighted by atomic mass is 35.5. The number of nitrogens with zero attached hydrogens (tertiary/aromatic N) is 6. The lowest BCUT2D eigenvalue weighted by Crippen LogP contribution is -2.14. The predicted molar refractivity (Wildman–Crippen MR) is 130 cm³/mol. The van der Waals surface area contributed by atoms with Gasteiger partial charge in [0.1, 0.15) is 23.0 Å². The van der Waals surface area contributed by atoms with Crippen molar-refractivity contribution in [2.24, 2.45) is 0 Å². The van der Waals surface area contributed by atoms with Crippen molar-refractivity contribution in [2.45, 2.75) is 6.04 Å². The fourth-order valence-electron chi connectivity index (χ4n) is 3.64. The summed E-state index contributed by atoms with van der Waals surface area (Å²) in [7, 11) is 0. The number of halogens is 4. The average Bonchev–Trinajstić information content (AvgIpc) is 3.40. The molecular formula is C23H13Cl2F2N9. The van der Waals surface area contributed by atoms with Crippen LogP contribution in [0.4, 0.5) is 25.8 Å². The van der Waals surface area contributed by atoms with Gasteiger partial charge in [0.2, 0.25) is 5.95 Å². The number of aromatic nitrogens is 6. The van der Waals surface area contributed by atoms with Crippen LogP contribution in [0.1, 0.15) is 22.9 Å². The van der Waals surface area contributed by atoms with Crippen molar-refractivity contribution in [3.8, 4) is 6.07 Å². The highest BCUT2D eigenvalue weighted by molar-refractivity contribution is 6.36. The van der Waals surface area contributed by atoms with Gasteiger partial charge < -0.3 is 10.6 Å². The molecule has 5 aromatic rings. The summed E-state index contributed by atoms with van der Waals surface area (Å²) in [6, 6.07) is 9.32. The third-order valence-electron chi connectivity index (χ3n) is 5.25. The smallest absolute Gasteiger partial charge is 0.249 e. The topological polar surface area (TPSA) is 128 Å². The monoisotopic (exact) mass is 523 g/mol. The lowest BCUT2D eigenvalue weighted by Gasteiger charge is -2.20. The molecule has 36 heavy (non-hydrogen) atoms. The molecule has 0 radical (unpaired) electrons. The maximum absolute atomic E-state index is 13.8. The van der Waals surface area contributed by atoms with Crippen molar-refractivity contribution in [3.05, 3.63) is 93.9 Å². The Hall–Kier alpha value is -4.40. The quantitative estimate of drug-likeness (QED) is 0.247. The second-order valence-electron chi connectivity index (χ2n) is 7.49. The summed E-state index contributed by atoms with van der Waals surface area (Å²) in [4.78, 5) is 11.8. The predicted octanol–water partition coefficient (Wildman–Crippen LogP) is 5.54. The zero-order valence-electron chi connectivity index (χ0n) is 18.0. The van der Waals surface area contributed by atoms with Gasteiger partial charge in [-0.25, -0.2) is 14.4 Å². The van der Waals surface area contributed by atoms with Crippen LogP contribution in [-0.2, 0) is 0 Å². The van der Waals surface area contributed by atoms with E-state index in [1.165, 1.54) is 6.20 Å². The Morgan fingerprint density at radius 1 is 1.03 bits per heavy atom. The van der Waals surface area contributed by atoms with Gasteiger partial charge in [-0.1, -0.05) is 29.3 Å². The summed E-state index contributed by atoms with van der Waals surface area (Å²) in [5.74, 6) is -2.37. The van der Waals surface area contributed by atoms with Crippen molar-refractivity contribution in [3.63, 3.8) is 0 Å². The molecule has 9 nitrogen and oxygen atoms in total. The van der Waals surface area contributed by atoms with E-state index in [0.717, 1.165) is 12.3 Å². The number of rotatable bonds is 6. The van der Waals surface area contributed by atoms with E-state index in [9.17, 15) is 14.0 Å². The first-order valence-corrected chi connectivity index (χ1v) is 11.0. The number of pyridine rings is 3. The molecule has 178 valence electrons. The molecule has 13 heteroatoms. The summed E-state index contributed by atoms with van der Waals surface area (Å²) in [6.07, 6.45) is 5.56. The van der Waals surface area contributed by atoms with E-state index in [1.54, 1.807) is 36.7 Å². The number of anilines is 3. The summed E-state index contributed by atoms with van der Waals surface area (Å²) in [5.41, 5.74) is 2.67. The van der Waals surface area contributed by atoms with Gasteiger partial charge in [0.05, 0.1) is 39.9 Å². The summed E-state index contributed by atoms with van der Waals surface area (Å²) in [6.45, 7) is 0. The molecule has 0 aliphatic carbocycles. The Morgan fingerprint density at radius 3 is 2.61 bits per heavy atom. The number of fused-ring (bicyclic) bond motifs is 1. The van der Waals surface area contributed by atoms with E-state index in [-0.39, 0.29) is 21.4 Å². The molecular weight excluding hydrogens is 511 g/mol. The van der Waals surface area contributed by atoms with E-state index in [0.29, 0.717) is 33.5 Å². The SMILES string of the molecule is N#Cc1cnc2c(Cl)cc(NC(c3cn[nH]n3)c3cccnc3Cl)cc2c1Nc1cnc(F)c(F)c1. The van der Waals surface area contributed by atoms with Crippen LogP contribution in [0, 0.1) is 23.1 Å². The van der Waals surface area contributed by atoms with Gasteiger partial charge in [0.15, 0.2) is 5.82 Å². The van der Waals surface area contributed by atoms with Crippen LogP contribution in [-0.4, -0.2) is 30.4 Å². The summed E-state index contributed by atoms with van der Waals surface area (Å²) in [5, 5.41) is 27.6. The maximum Gasteiger partial charge on any atom is 0.249 e. The van der Waals surface area contributed by atoms with Crippen LogP contribution in [0.2, 0.25) is 10.2 Å². The molecule has 0 spiro atoms. The first-order valence-electron chi connectivity index (χ1n) is 10.3. The normalized spacial score (nSPS) is 11.8. The molecule has 1 atom stereocenters. The van der Waals surface area contributed by atoms with Crippen molar-refractivity contribution in [1.82, 2.24) is 30.4 Å². The van der Waals surface area contributed by atoms with E-state index in [4.69, 9.17) is 23.2 Å². The number of aromatic amines is 1. The van der Waals surface area contributed by atoms with Crippen molar-refractivity contribution >= 4 is 51.2 Å². The van der Waals surface area contributed by atoms with Gasteiger partial charge in [-0.3, -0.25) is 4.98 Å². The van der Waals surface area contributed by atoms with Crippen LogP contribution in [0.3, 0.4) is 0 Å². The Bertz CT molecular complexity index is 1620. The lowest BCUT2D eigenvalue weighted by molar-refractivity contribution is 0.480. The zero-order chi connectivity index (χ0) is 25.2. The second kappa shape index (κ2) is 9.69. The van der Waals surface area contributed by atoms with Gasteiger partial charge in [-0.2, -0.15) is 25.1 Å². The Balaban J connectivity index is 1.63. The third-order valence-corrected chi connectivity index (χ3v) is 5.85. The van der Waals surface area contributed by atoms with E-state index < -0.39 is 17.8 Å². The van der Waals surface area contributed by atoms with Crippen molar-refractivity contribution < 1.29 is 8.78 Å². The van der Waals surface area contributed by atoms with E-state index >= 15 is 0 Å². The minimum Gasteiger partial charge on any atom is -0.373 e. The number of benzene rings is 1. The number of hydrogen-bond acceptors (Lipinski definition) is 8. The number of H-pyrrole nitrogens is 1. The molecule has 1 unspecified atom stereocenters. The van der Waals surface area contributed by atoms with Crippen LogP contribution in [0.15, 0.2) is 55.1 Å². The Morgan fingerprint density at radius 2 is 1.89 bits per heavy atom. The molecule has 0 saturated heterocycles.